The predicted molar refractivity (Wildman–Crippen MR) is 104 cm³/mol. The van der Waals surface area contributed by atoms with E-state index in [4.69, 9.17) is 4.74 Å². The van der Waals surface area contributed by atoms with E-state index in [1.165, 1.54) is 17.0 Å². The molecule has 0 aliphatic carbocycles. The van der Waals surface area contributed by atoms with Crippen molar-refractivity contribution in [3.63, 3.8) is 0 Å². The maximum absolute atomic E-state index is 12.7. The van der Waals surface area contributed by atoms with Crippen molar-refractivity contribution in [2.75, 3.05) is 20.2 Å². The quantitative estimate of drug-likeness (QED) is 0.294. The minimum atomic E-state index is -0.255. The van der Waals surface area contributed by atoms with Crippen LogP contribution in [0.4, 0.5) is 4.39 Å². The maximum Gasteiger partial charge on any atom is 0.191 e. The molecule has 2 aromatic rings. The van der Waals surface area contributed by atoms with E-state index in [0.717, 1.165) is 25.5 Å². The van der Waals surface area contributed by atoms with Gasteiger partial charge in [0.2, 0.25) is 0 Å². The first-order valence-corrected chi connectivity index (χ1v) is 8.01. The molecule has 1 aromatic carbocycles. The molecule has 1 heterocycles. The van der Waals surface area contributed by atoms with Gasteiger partial charge < -0.3 is 15.4 Å². The Bertz CT molecular complexity index is 576. The molecule has 23 heavy (non-hydrogen) atoms. The summed E-state index contributed by atoms with van der Waals surface area (Å²) >= 11 is 1.71. The van der Waals surface area contributed by atoms with E-state index in [9.17, 15) is 4.39 Å². The van der Waals surface area contributed by atoms with Gasteiger partial charge in [-0.25, -0.2) is 4.39 Å². The van der Waals surface area contributed by atoms with Crippen molar-refractivity contribution in [2.24, 2.45) is 4.99 Å². The Morgan fingerprint density at radius 1 is 1.22 bits per heavy atom. The van der Waals surface area contributed by atoms with Gasteiger partial charge in [-0.15, -0.1) is 35.3 Å². The Hall–Kier alpha value is -1.35. The number of thiophene rings is 1. The number of ether oxygens (including phenoxy) is 1. The molecule has 0 aliphatic rings. The molecular formula is C16H21FIN3OS. The molecule has 2 rings (SSSR count). The van der Waals surface area contributed by atoms with Gasteiger partial charge in [0.15, 0.2) is 5.96 Å². The molecule has 0 aliphatic heterocycles. The highest BCUT2D eigenvalue weighted by Crippen LogP contribution is 2.11. The van der Waals surface area contributed by atoms with E-state index in [1.54, 1.807) is 30.5 Å². The van der Waals surface area contributed by atoms with Gasteiger partial charge in [-0.1, -0.05) is 6.07 Å². The fourth-order valence-electron chi connectivity index (χ4n) is 1.80. The highest BCUT2D eigenvalue weighted by Gasteiger charge is 1.99. The van der Waals surface area contributed by atoms with E-state index in [1.807, 2.05) is 6.07 Å². The van der Waals surface area contributed by atoms with Crippen molar-refractivity contribution in [2.45, 2.75) is 13.0 Å². The average molecular weight is 449 g/mol. The van der Waals surface area contributed by atoms with Crippen molar-refractivity contribution in [1.82, 2.24) is 10.6 Å². The third kappa shape index (κ3) is 7.65. The average Bonchev–Trinajstić information content (AvgIpc) is 3.05. The highest BCUT2D eigenvalue weighted by molar-refractivity contribution is 14.0. The number of nitrogens with zero attached hydrogens (tertiary/aromatic N) is 1. The van der Waals surface area contributed by atoms with Crippen LogP contribution in [0.15, 0.2) is 46.8 Å². The normalized spacial score (nSPS) is 10.8. The lowest BCUT2D eigenvalue weighted by Gasteiger charge is -2.11. The molecule has 0 fully saturated rings. The Balaban J connectivity index is 0.00000264. The Morgan fingerprint density at radius 3 is 2.65 bits per heavy atom. The molecule has 0 bridgehead atoms. The monoisotopic (exact) mass is 449 g/mol. The second-order valence-corrected chi connectivity index (χ2v) is 5.62. The summed E-state index contributed by atoms with van der Waals surface area (Å²) < 4.78 is 18.3. The standard InChI is InChI=1S/C16H20FN3OS.HI/c1-18-16(20-12-15-4-2-11-22-15)19-9-3-10-21-14-7-5-13(17)6-8-14;/h2,4-8,11H,3,9-10,12H2,1H3,(H2,18,19,20);1H. The minimum Gasteiger partial charge on any atom is -0.494 e. The van der Waals surface area contributed by atoms with Crippen molar-refractivity contribution >= 4 is 41.3 Å². The Kier molecular flexibility index (Phi) is 9.61. The van der Waals surface area contributed by atoms with Gasteiger partial charge in [-0.2, -0.15) is 0 Å². The van der Waals surface area contributed by atoms with Crippen LogP contribution in [-0.2, 0) is 6.54 Å². The first-order valence-electron chi connectivity index (χ1n) is 7.13. The van der Waals surface area contributed by atoms with Crippen LogP contribution in [0, 0.1) is 5.82 Å². The molecule has 0 saturated carbocycles. The lowest BCUT2D eigenvalue weighted by atomic mass is 10.3. The summed E-state index contributed by atoms with van der Waals surface area (Å²) in [5.74, 6) is 1.20. The van der Waals surface area contributed by atoms with Gasteiger partial charge >= 0.3 is 0 Å². The molecule has 0 amide bonds. The molecule has 126 valence electrons. The van der Waals surface area contributed by atoms with Crippen LogP contribution in [0.3, 0.4) is 0 Å². The first kappa shape index (κ1) is 19.7. The van der Waals surface area contributed by atoms with E-state index in [0.29, 0.717) is 12.4 Å². The molecule has 0 atom stereocenters. The van der Waals surface area contributed by atoms with E-state index >= 15 is 0 Å². The van der Waals surface area contributed by atoms with Gasteiger partial charge in [0.05, 0.1) is 13.2 Å². The second kappa shape index (κ2) is 11.2. The lowest BCUT2D eigenvalue weighted by molar-refractivity contribution is 0.310. The van der Waals surface area contributed by atoms with Crippen molar-refractivity contribution < 1.29 is 9.13 Å². The summed E-state index contributed by atoms with van der Waals surface area (Å²) in [5.41, 5.74) is 0. The van der Waals surface area contributed by atoms with Crippen molar-refractivity contribution in [1.29, 1.82) is 0 Å². The smallest absolute Gasteiger partial charge is 0.191 e. The molecule has 4 nitrogen and oxygen atoms in total. The number of hydrogen-bond acceptors (Lipinski definition) is 3. The van der Waals surface area contributed by atoms with Crippen LogP contribution < -0.4 is 15.4 Å². The van der Waals surface area contributed by atoms with Gasteiger partial charge in [-0.05, 0) is 42.1 Å². The van der Waals surface area contributed by atoms with Crippen LogP contribution in [0.25, 0.3) is 0 Å². The summed E-state index contributed by atoms with van der Waals surface area (Å²) in [6.45, 7) is 2.09. The zero-order chi connectivity index (χ0) is 15.6. The number of benzene rings is 1. The minimum absolute atomic E-state index is 0. The number of rotatable bonds is 7. The zero-order valence-corrected chi connectivity index (χ0v) is 16.1. The van der Waals surface area contributed by atoms with E-state index in [-0.39, 0.29) is 29.8 Å². The second-order valence-electron chi connectivity index (χ2n) is 4.59. The SMILES string of the molecule is CN=C(NCCCOc1ccc(F)cc1)NCc1cccs1.I. The molecule has 0 saturated heterocycles. The van der Waals surface area contributed by atoms with Crippen molar-refractivity contribution in [3.8, 4) is 5.75 Å². The third-order valence-electron chi connectivity index (χ3n) is 2.93. The summed E-state index contributed by atoms with van der Waals surface area (Å²) in [6, 6.07) is 10.2. The van der Waals surface area contributed by atoms with Crippen LogP contribution in [0.1, 0.15) is 11.3 Å². The first-order chi connectivity index (χ1) is 10.8. The van der Waals surface area contributed by atoms with Crippen LogP contribution in [0.2, 0.25) is 0 Å². The number of halogens is 2. The van der Waals surface area contributed by atoms with E-state index < -0.39 is 0 Å². The fraction of sp³-hybridized carbons (Fsp3) is 0.312. The predicted octanol–water partition coefficient (Wildman–Crippen LogP) is 3.64. The number of nitrogens with one attached hydrogen (secondary N) is 2. The molecule has 1 aromatic heterocycles. The van der Waals surface area contributed by atoms with Gasteiger partial charge in [0.25, 0.3) is 0 Å². The summed E-state index contributed by atoms with van der Waals surface area (Å²) in [5, 5.41) is 8.54. The summed E-state index contributed by atoms with van der Waals surface area (Å²) in [6.07, 6.45) is 0.830. The summed E-state index contributed by atoms with van der Waals surface area (Å²) in [7, 11) is 1.75. The molecule has 0 radical (unpaired) electrons. The zero-order valence-electron chi connectivity index (χ0n) is 12.9. The number of hydrogen-bond donors (Lipinski definition) is 2. The fourth-order valence-corrected chi connectivity index (χ4v) is 2.45. The van der Waals surface area contributed by atoms with Gasteiger partial charge in [-0.3, -0.25) is 4.99 Å². The maximum atomic E-state index is 12.7. The van der Waals surface area contributed by atoms with E-state index in [2.05, 4.69) is 27.1 Å². The molecule has 0 spiro atoms. The Morgan fingerprint density at radius 2 is 2.00 bits per heavy atom. The molecule has 2 N–H and O–H groups in total. The summed E-state index contributed by atoms with van der Waals surface area (Å²) in [4.78, 5) is 5.44. The lowest BCUT2D eigenvalue weighted by Crippen LogP contribution is -2.37. The van der Waals surface area contributed by atoms with Crippen LogP contribution in [0.5, 0.6) is 5.75 Å². The van der Waals surface area contributed by atoms with Crippen molar-refractivity contribution in [3.05, 3.63) is 52.5 Å². The molecule has 0 unspecified atom stereocenters. The number of aliphatic imine (C=N–C) groups is 1. The Labute approximate surface area is 157 Å². The third-order valence-corrected chi connectivity index (χ3v) is 3.81. The topological polar surface area (TPSA) is 45.7 Å². The largest absolute Gasteiger partial charge is 0.494 e. The molecular weight excluding hydrogens is 428 g/mol. The van der Waals surface area contributed by atoms with Crippen LogP contribution >= 0.6 is 35.3 Å². The highest BCUT2D eigenvalue weighted by atomic mass is 127. The number of guanidine groups is 1. The van der Waals surface area contributed by atoms with Gasteiger partial charge in [0.1, 0.15) is 11.6 Å². The molecule has 7 heteroatoms. The van der Waals surface area contributed by atoms with Gasteiger partial charge in [0, 0.05) is 18.5 Å². The van der Waals surface area contributed by atoms with Crippen LogP contribution in [-0.4, -0.2) is 26.2 Å².